The number of aromatic carboxylic acids is 1. The van der Waals surface area contributed by atoms with Gasteiger partial charge >= 0.3 is 5.97 Å². The van der Waals surface area contributed by atoms with Crippen molar-refractivity contribution < 1.29 is 19.0 Å². The molecule has 94 valence electrons. The van der Waals surface area contributed by atoms with Gasteiger partial charge in [-0.2, -0.15) is 0 Å². The molecule has 1 N–H and O–H groups in total. The molecule has 0 aromatic carbocycles. The van der Waals surface area contributed by atoms with Crippen molar-refractivity contribution in [1.82, 2.24) is 4.98 Å². The minimum absolute atomic E-state index is 0.0261. The Bertz CT molecular complexity index is 395. The third-order valence-electron chi connectivity index (χ3n) is 2.33. The van der Waals surface area contributed by atoms with E-state index in [1.165, 1.54) is 0 Å². The summed E-state index contributed by atoms with van der Waals surface area (Å²) in [6, 6.07) is 0.912. The van der Waals surface area contributed by atoms with Crippen LogP contribution in [0.5, 0.6) is 5.88 Å². The summed E-state index contributed by atoms with van der Waals surface area (Å²) >= 11 is 0. The molecule has 4 nitrogen and oxygen atoms in total. The summed E-state index contributed by atoms with van der Waals surface area (Å²) in [6.07, 6.45) is 2.98. The van der Waals surface area contributed by atoms with Crippen molar-refractivity contribution >= 4 is 5.97 Å². The summed E-state index contributed by atoms with van der Waals surface area (Å²) in [6.45, 7) is 4.45. The van der Waals surface area contributed by atoms with Crippen molar-refractivity contribution in [3.05, 3.63) is 23.6 Å². The van der Waals surface area contributed by atoms with E-state index < -0.39 is 11.8 Å². The molecule has 0 spiro atoms. The molecule has 1 atom stereocenters. The standard InChI is InChI=1S/C12H16FNO3/c1-3-4-8(2)7-17-11-10(12(15)16)5-9(13)6-14-11/h5-6,8H,3-4,7H2,1-2H3,(H,15,16). The molecule has 1 heterocycles. The van der Waals surface area contributed by atoms with Gasteiger partial charge in [0, 0.05) is 0 Å². The van der Waals surface area contributed by atoms with Crippen molar-refractivity contribution in [2.75, 3.05) is 6.61 Å². The number of nitrogens with zero attached hydrogens (tertiary/aromatic N) is 1. The van der Waals surface area contributed by atoms with Gasteiger partial charge in [0.05, 0.1) is 12.8 Å². The topological polar surface area (TPSA) is 59.4 Å². The molecule has 0 saturated carbocycles. The first-order valence-electron chi connectivity index (χ1n) is 5.56. The van der Waals surface area contributed by atoms with Gasteiger partial charge in [0.25, 0.3) is 0 Å². The van der Waals surface area contributed by atoms with E-state index >= 15 is 0 Å². The SMILES string of the molecule is CCCC(C)COc1ncc(F)cc1C(=O)O. The molecule has 0 bridgehead atoms. The van der Waals surface area contributed by atoms with Gasteiger partial charge in [-0.25, -0.2) is 14.2 Å². The molecule has 0 radical (unpaired) electrons. The highest BCUT2D eigenvalue weighted by Gasteiger charge is 2.15. The lowest BCUT2D eigenvalue weighted by atomic mass is 10.1. The number of hydrogen-bond acceptors (Lipinski definition) is 3. The number of halogens is 1. The average molecular weight is 241 g/mol. The van der Waals surface area contributed by atoms with Crippen LogP contribution in [0.3, 0.4) is 0 Å². The van der Waals surface area contributed by atoms with E-state index in [1.54, 1.807) is 0 Å². The van der Waals surface area contributed by atoms with E-state index in [1.807, 2.05) is 6.92 Å². The summed E-state index contributed by atoms with van der Waals surface area (Å²) in [7, 11) is 0. The summed E-state index contributed by atoms with van der Waals surface area (Å²) in [5.74, 6) is -1.64. The predicted molar refractivity (Wildman–Crippen MR) is 60.7 cm³/mol. The molecule has 0 amide bonds. The van der Waals surface area contributed by atoms with Crippen LogP contribution in [0.1, 0.15) is 37.0 Å². The lowest BCUT2D eigenvalue weighted by Crippen LogP contribution is -2.12. The zero-order chi connectivity index (χ0) is 12.8. The highest BCUT2D eigenvalue weighted by atomic mass is 19.1. The van der Waals surface area contributed by atoms with E-state index in [-0.39, 0.29) is 11.4 Å². The fraction of sp³-hybridized carbons (Fsp3) is 0.500. The Morgan fingerprint density at radius 2 is 2.35 bits per heavy atom. The molecule has 1 unspecified atom stereocenters. The highest BCUT2D eigenvalue weighted by molar-refractivity contribution is 5.90. The number of ether oxygens (including phenoxy) is 1. The van der Waals surface area contributed by atoms with Gasteiger partial charge in [0.1, 0.15) is 11.4 Å². The second-order valence-electron chi connectivity index (χ2n) is 4.02. The number of carboxylic acid groups (broad SMARTS) is 1. The number of carbonyl (C=O) groups is 1. The van der Waals surface area contributed by atoms with E-state index in [0.717, 1.165) is 25.1 Å². The molecule has 0 saturated heterocycles. The molecular formula is C12H16FNO3. The van der Waals surface area contributed by atoms with Gasteiger partial charge in [-0.05, 0) is 18.4 Å². The second-order valence-corrected chi connectivity index (χ2v) is 4.02. The molecule has 0 aliphatic rings. The minimum Gasteiger partial charge on any atom is -0.477 e. The maximum Gasteiger partial charge on any atom is 0.341 e. The summed E-state index contributed by atoms with van der Waals surface area (Å²) in [5, 5.41) is 8.87. The van der Waals surface area contributed by atoms with Crippen molar-refractivity contribution in [2.24, 2.45) is 5.92 Å². The van der Waals surface area contributed by atoms with Gasteiger partial charge in [-0.1, -0.05) is 20.3 Å². The van der Waals surface area contributed by atoms with Crippen molar-refractivity contribution in [1.29, 1.82) is 0 Å². The maximum atomic E-state index is 12.8. The van der Waals surface area contributed by atoms with Gasteiger partial charge in [-0.3, -0.25) is 0 Å². The number of pyridine rings is 1. The minimum atomic E-state index is -1.24. The van der Waals surface area contributed by atoms with Crippen LogP contribution < -0.4 is 4.74 Å². The third-order valence-corrected chi connectivity index (χ3v) is 2.33. The van der Waals surface area contributed by atoms with Gasteiger partial charge in [0.15, 0.2) is 0 Å². The van der Waals surface area contributed by atoms with Gasteiger partial charge in [-0.15, -0.1) is 0 Å². The van der Waals surface area contributed by atoms with Crippen LogP contribution in [-0.4, -0.2) is 22.7 Å². The van der Waals surface area contributed by atoms with Gasteiger partial charge < -0.3 is 9.84 Å². The Morgan fingerprint density at radius 1 is 1.65 bits per heavy atom. The van der Waals surface area contributed by atoms with E-state index in [9.17, 15) is 9.18 Å². The number of hydrogen-bond donors (Lipinski definition) is 1. The number of rotatable bonds is 6. The van der Waals surface area contributed by atoms with Crippen LogP contribution in [0.4, 0.5) is 4.39 Å². The Hall–Kier alpha value is -1.65. The average Bonchev–Trinajstić information content (AvgIpc) is 2.27. The molecule has 1 aromatic heterocycles. The Labute approximate surface area is 99.4 Å². The molecule has 1 rings (SSSR count). The summed E-state index contributed by atoms with van der Waals surface area (Å²) in [5.41, 5.74) is -0.242. The molecule has 1 aromatic rings. The Morgan fingerprint density at radius 3 is 2.94 bits per heavy atom. The third kappa shape index (κ3) is 4.01. The molecule has 0 fully saturated rings. The van der Waals surface area contributed by atoms with Crippen LogP contribution in [-0.2, 0) is 0 Å². The quantitative estimate of drug-likeness (QED) is 0.831. The summed E-state index contributed by atoms with van der Waals surface area (Å²) in [4.78, 5) is 14.5. The summed E-state index contributed by atoms with van der Waals surface area (Å²) < 4.78 is 18.2. The van der Waals surface area contributed by atoms with Crippen molar-refractivity contribution in [3.63, 3.8) is 0 Å². The molecule has 0 aliphatic heterocycles. The number of carboxylic acids is 1. The van der Waals surface area contributed by atoms with Crippen LogP contribution in [0.15, 0.2) is 12.3 Å². The fourth-order valence-corrected chi connectivity index (χ4v) is 1.49. The predicted octanol–water partition coefficient (Wildman–Crippen LogP) is 2.73. The monoisotopic (exact) mass is 241 g/mol. The van der Waals surface area contributed by atoms with E-state index in [0.29, 0.717) is 12.5 Å². The Kier molecular flexibility index (Phi) is 4.87. The Balaban J connectivity index is 2.73. The van der Waals surface area contributed by atoms with Crippen molar-refractivity contribution in [2.45, 2.75) is 26.7 Å². The fourth-order valence-electron chi connectivity index (χ4n) is 1.49. The maximum absolute atomic E-state index is 12.8. The zero-order valence-electron chi connectivity index (χ0n) is 9.94. The van der Waals surface area contributed by atoms with Crippen LogP contribution in [0.2, 0.25) is 0 Å². The second kappa shape index (κ2) is 6.18. The lowest BCUT2D eigenvalue weighted by Gasteiger charge is -2.12. The lowest BCUT2D eigenvalue weighted by molar-refractivity contribution is 0.0689. The first kappa shape index (κ1) is 13.4. The zero-order valence-corrected chi connectivity index (χ0v) is 9.94. The van der Waals surface area contributed by atoms with E-state index in [4.69, 9.17) is 9.84 Å². The van der Waals surface area contributed by atoms with Crippen molar-refractivity contribution in [3.8, 4) is 5.88 Å². The number of aromatic nitrogens is 1. The largest absolute Gasteiger partial charge is 0.477 e. The van der Waals surface area contributed by atoms with Gasteiger partial charge in [0.2, 0.25) is 5.88 Å². The smallest absolute Gasteiger partial charge is 0.341 e. The van der Waals surface area contributed by atoms with Crippen LogP contribution in [0, 0.1) is 11.7 Å². The van der Waals surface area contributed by atoms with Crippen LogP contribution >= 0.6 is 0 Å². The van der Waals surface area contributed by atoms with Crippen LogP contribution in [0.25, 0.3) is 0 Å². The molecular weight excluding hydrogens is 225 g/mol. The van der Waals surface area contributed by atoms with E-state index in [2.05, 4.69) is 11.9 Å². The molecule has 17 heavy (non-hydrogen) atoms. The molecule has 5 heteroatoms. The first-order valence-corrected chi connectivity index (χ1v) is 5.56. The normalized spacial score (nSPS) is 12.2. The first-order chi connectivity index (χ1) is 8.04. The molecule has 0 aliphatic carbocycles. The highest BCUT2D eigenvalue weighted by Crippen LogP contribution is 2.17.